The monoisotopic (exact) mass is 475 g/mol. The van der Waals surface area contributed by atoms with E-state index in [-0.39, 0.29) is 5.56 Å². The number of likely N-dealkylation sites (N-methyl/N-ethyl adjacent to an activating group) is 1. The third kappa shape index (κ3) is 4.28. The van der Waals surface area contributed by atoms with Crippen LogP contribution in [0.4, 0.5) is 17.3 Å². The molecule has 1 fully saturated rings. The number of fused-ring (bicyclic) bond motifs is 1. The molecular weight excluding hydrogens is 446 g/mol. The maximum atomic E-state index is 13.3. The number of hydrogen-bond acceptors (Lipinski definition) is 8. The third-order valence-corrected chi connectivity index (χ3v) is 7.18. The fourth-order valence-electron chi connectivity index (χ4n) is 4.41. The van der Waals surface area contributed by atoms with Gasteiger partial charge in [0.25, 0.3) is 5.56 Å². The van der Waals surface area contributed by atoms with Gasteiger partial charge in [0.05, 0.1) is 16.3 Å². The molecule has 0 atom stereocenters. The van der Waals surface area contributed by atoms with Crippen molar-refractivity contribution < 1.29 is 0 Å². The van der Waals surface area contributed by atoms with Crippen molar-refractivity contribution in [3.63, 3.8) is 0 Å². The molecule has 1 aliphatic heterocycles. The van der Waals surface area contributed by atoms with Crippen LogP contribution in [-0.2, 0) is 6.54 Å². The molecule has 0 aliphatic carbocycles. The Labute approximate surface area is 202 Å². The van der Waals surface area contributed by atoms with Gasteiger partial charge in [0, 0.05) is 60.6 Å². The molecule has 1 saturated heterocycles. The zero-order valence-corrected chi connectivity index (χ0v) is 20.8. The molecule has 0 unspecified atom stereocenters. The molecule has 0 amide bonds. The first-order valence-electron chi connectivity index (χ1n) is 11.6. The minimum absolute atomic E-state index is 0.0791. The fourth-order valence-corrected chi connectivity index (χ4v) is 5.24. The number of aromatic nitrogens is 4. The van der Waals surface area contributed by atoms with Crippen LogP contribution in [0.1, 0.15) is 16.8 Å². The standard InChI is InChI=1S/C25H29N7OS/c1-5-32-23-18(14-21(24(32)33)22-16(2)34-17(3)27-22)15-26-25(29-23)28-19-6-8-20(9-7-19)31-12-10-30(4)11-13-31/h6-9,14-15H,5,10-13H2,1-4H3,(H,26,28,29). The number of aryl methyl sites for hydroxylation is 3. The number of nitrogens with zero attached hydrogens (tertiary/aromatic N) is 6. The van der Waals surface area contributed by atoms with E-state index in [0.717, 1.165) is 52.8 Å². The van der Waals surface area contributed by atoms with Crippen LogP contribution in [0.25, 0.3) is 22.3 Å². The Morgan fingerprint density at radius 1 is 1.06 bits per heavy atom. The Morgan fingerprint density at radius 3 is 2.44 bits per heavy atom. The van der Waals surface area contributed by atoms with Crippen LogP contribution in [0.3, 0.4) is 0 Å². The minimum Gasteiger partial charge on any atom is -0.369 e. The van der Waals surface area contributed by atoms with Crippen LogP contribution < -0.4 is 15.8 Å². The lowest BCUT2D eigenvalue weighted by molar-refractivity contribution is 0.313. The smallest absolute Gasteiger partial charge is 0.261 e. The van der Waals surface area contributed by atoms with E-state index in [2.05, 4.69) is 44.3 Å². The van der Waals surface area contributed by atoms with Crippen molar-refractivity contribution in [3.05, 3.63) is 56.8 Å². The van der Waals surface area contributed by atoms with E-state index in [1.165, 1.54) is 5.69 Å². The van der Waals surface area contributed by atoms with Crippen LogP contribution in [0.2, 0.25) is 0 Å². The zero-order valence-electron chi connectivity index (χ0n) is 20.0. The summed E-state index contributed by atoms with van der Waals surface area (Å²) in [6.45, 7) is 10.7. The number of hydrogen-bond donors (Lipinski definition) is 1. The Kier molecular flexibility index (Phi) is 6.05. The zero-order chi connectivity index (χ0) is 23.8. The molecule has 1 aromatic carbocycles. The Bertz CT molecular complexity index is 1390. The largest absolute Gasteiger partial charge is 0.369 e. The van der Waals surface area contributed by atoms with Gasteiger partial charge in [0.1, 0.15) is 5.65 Å². The van der Waals surface area contributed by atoms with Gasteiger partial charge in [-0.15, -0.1) is 11.3 Å². The summed E-state index contributed by atoms with van der Waals surface area (Å²) in [5, 5.41) is 5.05. The summed E-state index contributed by atoms with van der Waals surface area (Å²) in [4.78, 5) is 32.9. The Morgan fingerprint density at radius 2 is 1.79 bits per heavy atom. The summed E-state index contributed by atoms with van der Waals surface area (Å²) in [5.41, 5.74) is 4.02. The van der Waals surface area contributed by atoms with E-state index in [4.69, 9.17) is 4.98 Å². The molecule has 4 aromatic rings. The number of rotatable bonds is 5. The predicted octanol–water partition coefficient (Wildman–Crippen LogP) is 4.05. The molecule has 3 aromatic heterocycles. The Hall–Kier alpha value is -3.30. The third-order valence-electron chi connectivity index (χ3n) is 6.29. The van der Waals surface area contributed by atoms with Gasteiger partial charge in [-0.3, -0.25) is 9.36 Å². The average Bonchev–Trinajstić information content (AvgIpc) is 3.17. The number of piperazine rings is 1. The van der Waals surface area contributed by atoms with E-state index in [1.807, 2.05) is 39.0 Å². The fraction of sp³-hybridized carbons (Fsp3) is 0.360. The molecule has 0 radical (unpaired) electrons. The minimum atomic E-state index is -0.0791. The molecule has 0 spiro atoms. The molecule has 8 nitrogen and oxygen atoms in total. The van der Waals surface area contributed by atoms with Crippen LogP contribution in [0, 0.1) is 13.8 Å². The van der Waals surface area contributed by atoms with Crippen molar-refractivity contribution in [3.8, 4) is 11.3 Å². The van der Waals surface area contributed by atoms with Crippen molar-refractivity contribution in [2.24, 2.45) is 0 Å². The van der Waals surface area contributed by atoms with Crippen molar-refractivity contribution >= 4 is 39.7 Å². The number of benzene rings is 1. The first-order chi connectivity index (χ1) is 16.4. The molecule has 1 N–H and O–H groups in total. The quantitative estimate of drug-likeness (QED) is 0.467. The number of anilines is 3. The molecule has 4 heterocycles. The predicted molar refractivity (Wildman–Crippen MR) is 139 cm³/mol. The van der Waals surface area contributed by atoms with Gasteiger partial charge in [0.2, 0.25) is 5.95 Å². The van der Waals surface area contributed by atoms with Crippen molar-refractivity contribution in [2.75, 3.05) is 43.4 Å². The highest BCUT2D eigenvalue weighted by molar-refractivity contribution is 7.11. The number of thiazole rings is 1. The van der Waals surface area contributed by atoms with Gasteiger partial charge in [0.15, 0.2) is 0 Å². The summed E-state index contributed by atoms with van der Waals surface area (Å²) in [6, 6.07) is 10.2. The average molecular weight is 476 g/mol. The van der Waals surface area contributed by atoms with Gasteiger partial charge < -0.3 is 15.1 Å². The highest BCUT2D eigenvalue weighted by Gasteiger charge is 2.17. The van der Waals surface area contributed by atoms with E-state index in [0.29, 0.717) is 23.7 Å². The van der Waals surface area contributed by atoms with Crippen molar-refractivity contribution in [1.29, 1.82) is 0 Å². The molecule has 0 saturated carbocycles. The molecule has 5 rings (SSSR count). The second-order valence-electron chi connectivity index (χ2n) is 8.68. The van der Waals surface area contributed by atoms with E-state index < -0.39 is 0 Å². The lowest BCUT2D eigenvalue weighted by Crippen LogP contribution is -2.44. The van der Waals surface area contributed by atoms with Crippen molar-refractivity contribution in [1.82, 2.24) is 24.4 Å². The molecule has 1 aliphatic rings. The van der Waals surface area contributed by atoms with Crippen LogP contribution in [0.15, 0.2) is 41.3 Å². The lowest BCUT2D eigenvalue weighted by Gasteiger charge is -2.34. The van der Waals surface area contributed by atoms with Crippen LogP contribution in [-0.4, -0.2) is 57.6 Å². The van der Waals surface area contributed by atoms with Gasteiger partial charge in [-0.25, -0.2) is 9.97 Å². The summed E-state index contributed by atoms with van der Waals surface area (Å²) >= 11 is 1.60. The highest BCUT2D eigenvalue weighted by Crippen LogP contribution is 2.27. The second kappa shape index (κ2) is 9.15. The Balaban J connectivity index is 1.43. The van der Waals surface area contributed by atoms with E-state index in [1.54, 1.807) is 22.1 Å². The van der Waals surface area contributed by atoms with Crippen LogP contribution in [0.5, 0.6) is 0 Å². The first-order valence-corrected chi connectivity index (χ1v) is 12.4. The summed E-state index contributed by atoms with van der Waals surface area (Å²) < 4.78 is 1.70. The van der Waals surface area contributed by atoms with Crippen LogP contribution >= 0.6 is 11.3 Å². The SMILES string of the molecule is CCn1c(=O)c(-c2nc(C)sc2C)cc2cnc(Nc3ccc(N4CCN(C)CC4)cc3)nc21. The van der Waals surface area contributed by atoms with E-state index >= 15 is 0 Å². The lowest BCUT2D eigenvalue weighted by atomic mass is 10.1. The summed E-state index contributed by atoms with van der Waals surface area (Å²) in [7, 11) is 2.16. The van der Waals surface area contributed by atoms with E-state index in [9.17, 15) is 4.79 Å². The summed E-state index contributed by atoms with van der Waals surface area (Å²) in [5.74, 6) is 0.467. The van der Waals surface area contributed by atoms with Crippen molar-refractivity contribution in [2.45, 2.75) is 27.3 Å². The van der Waals surface area contributed by atoms with Gasteiger partial charge >= 0.3 is 0 Å². The molecule has 176 valence electrons. The van der Waals surface area contributed by atoms with Gasteiger partial charge in [-0.05, 0) is 58.2 Å². The highest BCUT2D eigenvalue weighted by atomic mass is 32.1. The number of pyridine rings is 1. The molecular formula is C25H29N7OS. The second-order valence-corrected chi connectivity index (χ2v) is 10.1. The maximum absolute atomic E-state index is 13.3. The number of nitrogens with one attached hydrogen (secondary N) is 1. The molecule has 9 heteroatoms. The maximum Gasteiger partial charge on any atom is 0.261 e. The molecule has 0 bridgehead atoms. The topological polar surface area (TPSA) is 79.2 Å². The first kappa shape index (κ1) is 22.5. The van der Waals surface area contributed by atoms with Gasteiger partial charge in [-0.1, -0.05) is 0 Å². The summed E-state index contributed by atoms with van der Waals surface area (Å²) in [6.07, 6.45) is 1.77. The van der Waals surface area contributed by atoms with Gasteiger partial charge in [-0.2, -0.15) is 4.98 Å². The normalized spacial score (nSPS) is 14.6. The molecule has 34 heavy (non-hydrogen) atoms.